The standard InChI is InChI=1S/C17H16F3N3O/c18-17(19,20)13-7-12(8-21-9-13)16(24)23-10-15-14-4-2-1-3-11(14)5-6-22-15/h1-4,7-9,15,22H,5-6,10H2,(H,23,24). The Morgan fingerprint density at radius 2 is 2.08 bits per heavy atom. The normalized spacial score (nSPS) is 17.2. The van der Waals surface area contributed by atoms with Crippen LogP contribution in [0.15, 0.2) is 42.7 Å². The van der Waals surface area contributed by atoms with E-state index >= 15 is 0 Å². The van der Waals surface area contributed by atoms with Gasteiger partial charge in [-0.15, -0.1) is 0 Å². The van der Waals surface area contributed by atoms with Gasteiger partial charge in [-0.3, -0.25) is 9.78 Å². The highest BCUT2D eigenvalue weighted by Crippen LogP contribution is 2.29. The maximum atomic E-state index is 12.7. The van der Waals surface area contributed by atoms with Crippen molar-refractivity contribution in [2.45, 2.75) is 18.6 Å². The van der Waals surface area contributed by atoms with Crippen LogP contribution in [0.25, 0.3) is 0 Å². The van der Waals surface area contributed by atoms with Crippen LogP contribution in [0.5, 0.6) is 0 Å². The van der Waals surface area contributed by atoms with Gasteiger partial charge < -0.3 is 10.6 Å². The molecule has 1 aliphatic rings. The first-order valence-electron chi connectivity index (χ1n) is 7.57. The van der Waals surface area contributed by atoms with Crippen LogP contribution in [0.4, 0.5) is 13.2 Å². The van der Waals surface area contributed by atoms with Crippen LogP contribution in [0, 0.1) is 0 Å². The van der Waals surface area contributed by atoms with Gasteiger partial charge in [0.05, 0.1) is 11.1 Å². The van der Waals surface area contributed by atoms with Crippen LogP contribution in [-0.2, 0) is 12.6 Å². The van der Waals surface area contributed by atoms with Gasteiger partial charge in [0.25, 0.3) is 5.91 Å². The Bertz CT molecular complexity index is 746. The monoisotopic (exact) mass is 335 g/mol. The molecule has 0 saturated heterocycles. The fraction of sp³-hybridized carbons (Fsp3) is 0.294. The highest BCUT2D eigenvalue weighted by atomic mass is 19.4. The van der Waals surface area contributed by atoms with Gasteiger partial charge in [-0.2, -0.15) is 13.2 Å². The highest BCUT2D eigenvalue weighted by Gasteiger charge is 2.31. The maximum absolute atomic E-state index is 12.7. The zero-order valence-corrected chi connectivity index (χ0v) is 12.7. The molecule has 24 heavy (non-hydrogen) atoms. The summed E-state index contributed by atoms with van der Waals surface area (Å²) in [4.78, 5) is 15.6. The summed E-state index contributed by atoms with van der Waals surface area (Å²) >= 11 is 0. The van der Waals surface area contributed by atoms with Gasteiger partial charge in [-0.25, -0.2) is 0 Å². The molecule has 2 heterocycles. The number of aromatic nitrogens is 1. The quantitative estimate of drug-likeness (QED) is 0.907. The Morgan fingerprint density at radius 3 is 2.88 bits per heavy atom. The van der Waals surface area contributed by atoms with Crippen molar-refractivity contribution in [3.63, 3.8) is 0 Å². The van der Waals surface area contributed by atoms with Crippen LogP contribution < -0.4 is 10.6 Å². The zero-order chi connectivity index (χ0) is 17.2. The van der Waals surface area contributed by atoms with Gasteiger partial charge >= 0.3 is 6.18 Å². The van der Waals surface area contributed by atoms with Gasteiger partial charge in [0.1, 0.15) is 0 Å². The molecule has 0 bridgehead atoms. The number of benzene rings is 1. The van der Waals surface area contributed by atoms with Crippen molar-refractivity contribution in [3.05, 3.63) is 65.0 Å². The predicted octanol–water partition coefficient (Wildman–Crippen LogP) is 2.72. The fourth-order valence-electron chi connectivity index (χ4n) is 2.79. The summed E-state index contributed by atoms with van der Waals surface area (Å²) in [7, 11) is 0. The topological polar surface area (TPSA) is 54.0 Å². The zero-order valence-electron chi connectivity index (χ0n) is 12.7. The van der Waals surface area contributed by atoms with Gasteiger partial charge in [0.2, 0.25) is 0 Å². The number of hydrogen-bond donors (Lipinski definition) is 2. The second-order valence-electron chi connectivity index (χ2n) is 5.63. The van der Waals surface area contributed by atoms with E-state index < -0.39 is 17.6 Å². The first-order chi connectivity index (χ1) is 11.4. The minimum Gasteiger partial charge on any atom is -0.350 e. The second kappa shape index (κ2) is 6.60. The third-order valence-electron chi connectivity index (χ3n) is 4.01. The van der Waals surface area contributed by atoms with Crippen molar-refractivity contribution in [2.75, 3.05) is 13.1 Å². The number of alkyl halides is 3. The summed E-state index contributed by atoms with van der Waals surface area (Å²) in [6, 6.07) is 8.68. The van der Waals surface area contributed by atoms with E-state index in [1.165, 1.54) is 5.56 Å². The summed E-state index contributed by atoms with van der Waals surface area (Å²) in [5, 5.41) is 5.99. The molecule has 2 aromatic rings. The lowest BCUT2D eigenvalue weighted by atomic mass is 9.94. The van der Waals surface area contributed by atoms with E-state index in [-0.39, 0.29) is 11.6 Å². The van der Waals surface area contributed by atoms with E-state index in [1.807, 2.05) is 24.3 Å². The number of nitrogens with zero attached hydrogens (tertiary/aromatic N) is 1. The summed E-state index contributed by atoms with van der Waals surface area (Å²) in [6.07, 6.45) is -1.77. The summed E-state index contributed by atoms with van der Waals surface area (Å²) in [6.45, 7) is 1.09. The number of rotatable bonds is 3. The Morgan fingerprint density at radius 1 is 1.29 bits per heavy atom. The number of carbonyl (C=O) groups excluding carboxylic acids is 1. The van der Waals surface area contributed by atoms with Gasteiger partial charge in [-0.05, 0) is 30.2 Å². The van der Waals surface area contributed by atoms with Gasteiger partial charge in [0, 0.05) is 25.0 Å². The van der Waals surface area contributed by atoms with E-state index in [9.17, 15) is 18.0 Å². The molecule has 3 rings (SSSR count). The van der Waals surface area contributed by atoms with Crippen LogP contribution in [0.2, 0.25) is 0 Å². The van der Waals surface area contributed by atoms with Crippen molar-refractivity contribution in [2.24, 2.45) is 0 Å². The van der Waals surface area contributed by atoms with E-state index in [2.05, 4.69) is 15.6 Å². The lowest BCUT2D eigenvalue weighted by molar-refractivity contribution is -0.137. The van der Waals surface area contributed by atoms with Crippen molar-refractivity contribution in [1.82, 2.24) is 15.6 Å². The van der Waals surface area contributed by atoms with E-state index in [0.717, 1.165) is 30.8 Å². The lowest BCUT2D eigenvalue weighted by Crippen LogP contribution is -2.38. The summed E-state index contributed by atoms with van der Waals surface area (Å²) < 4.78 is 38.1. The molecule has 1 amide bonds. The Kier molecular flexibility index (Phi) is 4.53. The van der Waals surface area contributed by atoms with Crippen molar-refractivity contribution < 1.29 is 18.0 Å². The number of carbonyl (C=O) groups is 1. The van der Waals surface area contributed by atoms with Crippen molar-refractivity contribution >= 4 is 5.91 Å². The number of hydrogen-bond acceptors (Lipinski definition) is 3. The number of amides is 1. The molecule has 1 unspecified atom stereocenters. The molecule has 126 valence electrons. The molecule has 1 atom stereocenters. The third kappa shape index (κ3) is 3.56. The molecule has 7 heteroatoms. The molecule has 0 radical (unpaired) electrons. The molecule has 1 aromatic carbocycles. The summed E-state index contributed by atoms with van der Waals surface area (Å²) in [5.74, 6) is -0.571. The summed E-state index contributed by atoms with van der Waals surface area (Å²) in [5.41, 5.74) is 1.28. The van der Waals surface area contributed by atoms with Gasteiger partial charge in [-0.1, -0.05) is 24.3 Å². The molecule has 4 nitrogen and oxygen atoms in total. The van der Waals surface area contributed by atoms with Crippen LogP contribution in [0.1, 0.15) is 33.1 Å². The molecule has 0 aliphatic carbocycles. The predicted molar refractivity (Wildman–Crippen MR) is 82.5 cm³/mol. The first kappa shape index (κ1) is 16.4. The van der Waals surface area contributed by atoms with Crippen LogP contribution in [0.3, 0.4) is 0 Å². The molecule has 0 fully saturated rings. The Labute approximate surface area is 137 Å². The highest BCUT2D eigenvalue weighted by molar-refractivity contribution is 5.94. The smallest absolute Gasteiger partial charge is 0.350 e. The fourth-order valence-corrected chi connectivity index (χ4v) is 2.79. The largest absolute Gasteiger partial charge is 0.417 e. The number of nitrogens with one attached hydrogen (secondary N) is 2. The van der Waals surface area contributed by atoms with E-state index in [0.29, 0.717) is 12.7 Å². The number of halogens is 3. The number of fused-ring (bicyclic) bond motifs is 1. The molecule has 0 saturated carbocycles. The minimum absolute atomic E-state index is 0.0577. The van der Waals surface area contributed by atoms with Gasteiger partial charge in [0.15, 0.2) is 0 Å². The average molecular weight is 335 g/mol. The minimum atomic E-state index is -4.52. The SMILES string of the molecule is O=C(NCC1NCCc2ccccc21)c1cncc(C(F)(F)F)c1. The lowest BCUT2D eigenvalue weighted by Gasteiger charge is -2.27. The molecule has 1 aliphatic heterocycles. The molecule has 2 N–H and O–H groups in total. The number of pyridine rings is 1. The van der Waals surface area contributed by atoms with Crippen molar-refractivity contribution in [1.29, 1.82) is 0 Å². The molecular weight excluding hydrogens is 319 g/mol. The second-order valence-corrected chi connectivity index (χ2v) is 5.63. The first-order valence-corrected chi connectivity index (χ1v) is 7.57. The average Bonchev–Trinajstić information content (AvgIpc) is 2.59. The third-order valence-corrected chi connectivity index (χ3v) is 4.01. The van der Waals surface area contributed by atoms with Crippen LogP contribution in [-0.4, -0.2) is 24.0 Å². The molecule has 0 spiro atoms. The van der Waals surface area contributed by atoms with Crippen LogP contribution >= 0.6 is 0 Å². The van der Waals surface area contributed by atoms with Crippen molar-refractivity contribution in [3.8, 4) is 0 Å². The Hall–Kier alpha value is -2.41. The Balaban J connectivity index is 1.69. The molecular formula is C17H16F3N3O. The maximum Gasteiger partial charge on any atom is 0.417 e. The van der Waals surface area contributed by atoms with E-state index in [1.54, 1.807) is 0 Å². The molecule has 1 aromatic heterocycles. The van der Waals surface area contributed by atoms with E-state index in [4.69, 9.17) is 0 Å².